The van der Waals surface area contributed by atoms with E-state index in [1.165, 1.54) is 116 Å². The van der Waals surface area contributed by atoms with E-state index < -0.39 is 0 Å². The molecule has 1 unspecified atom stereocenters. The van der Waals surface area contributed by atoms with Gasteiger partial charge in [-0.15, -0.1) is 0 Å². The third-order valence-electron chi connectivity index (χ3n) is 7.15. The average Bonchev–Trinajstić information content (AvgIpc) is 2.88. The second-order valence-electron chi connectivity index (χ2n) is 10.8. The van der Waals surface area contributed by atoms with Crippen molar-refractivity contribution in [1.29, 1.82) is 0 Å². The first-order valence-electron chi connectivity index (χ1n) is 16.0. The van der Waals surface area contributed by atoms with Gasteiger partial charge in [-0.25, -0.2) is 0 Å². The van der Waals surface area contributed by atoms with Crippen LogP contribution in [0.4, 0.5) is 0 Å². The number of ether oxygens (including phenoxy) is 2. The molecule has 0 heterocycles. The van der Waals surface area contributed by atoms with E-state index >= 15 is 0 Å². The second kappa shape index (κ2) is 28.5. The molecule has 0 amide bonds. The summed E-state index contributed by atoms with van der Waals surface area (Å²) in [4.78, 5) is 24.2. The van der Waals surface area contributed by atoms with Crippen molar-refractivity contribution in [1.82, 2.24) is 0 Å². The van der Waals surface area contributed by atoms with Crippen molar-refractivity contribution < 1.29 is 19.1 Å². The number of rotatable bonds is 28. The molecule has 0 fully saturated rings. The van der Waals surface area contributed by atoms with Crippen molar-refractivity contribution in [2.75, 3.05) is 6.61 Å². The normalized spacial score (nSPS) is 12.0. The zero-order valence-electron chi connectivity index (χ0n) is 24.6. The van der Waals surface area contributed by atoms with Crippen LogP contribution in [-0.2, 0) is 19.1 Å². The van der Waals surface area contributed by atoms with E-state index in [0.717, 1.165) is 25.7 Å². The van der Waals surface area contributed by atoms with Gasteiger partial charge >= 0.3 is 11.9 Å². The minimum Gasteiger partial charge on any atom is -0.462 e. The Balaban J connectivity index is 3.57. The fourth-order valence-electron chi connectivity index (χ4n) is 4.61. The maximum absolute atomic E-state index is 12.1. The van der Waals surface area contributed by atoms with Gasteiger partial charge < -0.3 is 9.47 Å². The fourth-order valence-corrected chi connectivity index (χ4v) is 4.61. The average molecular weight is 511 g/mol. The highest BCUT2D eigenvalue weighted by Gasteiger charge is 2.15. The molecule has 0 saturated heterocycles. The van der Waals surface area contributed by atoms with Crippen molar-refractivity contribution in [3.63, 3.8) is 0 Å². The molecule has 0 aliphatic rings. The predicted octanol–water partition coefficient (Wildman–Crippen LogP) is 10.3. The lowest BCUT2D eigenvalue weighted by Gasteiger charge is -2.16. The van der Waals surface area contributed by atoms with Crippen molar-refractivity contribution >= 4 is 11.9 Å². The molecule has 0 aliphatic heterocycles. The van der Waals surface area contributed by atoms with Crippen molar-refractivity contribution in [2.45, 2.75) is 187 Å². The summed E-state index contributed by atoms with van der Waals surface area (Å²) < 4.78 is 10.9. The Bertz CT molecular complexity index is 477. The first-order valence-corrected chi connectivity index (χ1v) is 16.0. The number of carbonyl (C=O) groups excluding carboxylic acids is 2. The Labute approximate surface area is 225 Å². The minimum atomic E-state index is -0.313. The molecule has 4 heteroatoms. The number of carbonyl (C=O) groups is 2. The molecule has 1 atom stereocenters. The highest BCUT2D eigenvalue weighted by Crippen LogP contribution is 2.14. The largest absolute Gasteiger partial charge is 0.462 e. The van der Waals surface area contributed by atoms with Crippen molar-refractivity contribution in [3.8, 4) is 0 Å². The van der Waals surface area contributed by atoms with E-state index in [4.69, 9.17) is 9.47 Å². The number of hydrogen-bond donors (Lipinski definition) is 0. The van der Waals surface area contributed by atoms with Gasteiger partial charge in [0.1, 0.15) is 12.7 Å². The second-order valence-corrected chi connectivity index (χ2v) is 10.8. The van der Waals surface area contributed by atoms with Gasteiger partial charge in [-0.1, -0.05) is 149 Å². The molecule has 0 aromatic carbocycles. The summed E-state index contributed by atoms with van der Waals surface area (Å²) in [6.45, 7) is 6.68. The fraction of sp³-hybridized carbons (Fsp3) is 0.938. The highest BCUT2D eigenvalue weighted by atomic mass is 16.6. The van der Waals surface area contributed by atoms with Crippen LogP contribution in [0.2, 0.25) is 0 Å². The van der Waals surface area contributed by atoms with Crippen LogP contribution in [-0.4, -0.2) is 24.6 Å². The lowest BCUT2D eigenvalue weighted by atomic mass is 10.1. The van der Waals surface area contributed by atoms with Crippen LogP contribution in [0.15, 0.2) is 0 Å². The number of unbranched alkanes of at least 4 members (excludes halogenated alkanes) is 20. The molecule has 0 spiro atoms. The number of esters is 2. The third-order valence-corrected chi connectivity index (χ3v) is 7.15. The molecule has 0 aromatic rings. The zero-order chi connectivity index (χ0) is 26.5. The van der Waals surface area contributed by atoms with E-state index in [2.05, 4.69) is 13.8 Å². The summed E-state index contributed by atoms with van der Waals surface area (Å²) in [6.07, 6.45) is 29.2. The van der Waals surface area contributed by atoms with Crippen molar-refractivity contribution in [3.05, 3.63) is 0 Å². The Hall–Kier alpha value is -1.06. The molecule has 4 nitrogen and oxygen atoms in total. The van der Waals surface area contributed by atoms with Crippen LogP contribution in [0, 0.1) is 0 Å². The molecule has 0 aromatic heterocycles. The maximum atomic E-state index is 12.1. The summed E-state index contributed by atoms with van der Waals surface area (Å²) in [5, 5.41) is 0. The van der Waals surface area contributed by atoms with E-state index in [1.54, 1.807) is 0 Å². The lowest BCUT2D eigenvalue weighted by Crippen LogP contribution is -2.24. The Morgan fingerprint density at radius 2 is 0.806 bits per heavy atom. The summed E-state index contributed by atoms with van der Waals surface area (Å²) in [5.74, 6) is -0.315. The van der Waals surface area contributed by atoms with Crippen LogP contribution in [0.1, 0.15) is 181 Å². The van der Waals surface area contributed by atoms with Crippen LogP contribution >= 0.6 is 0 Å². The summed E-state index contributed by atoms with van der Waals surface area (Å²) in [5.41, 5.74) is 0. The molecular formula is C32H62O4. The molecule has 0 radical (unpaired) electrons. The van der Waals surface area contributed by atoms with Gasteiger partial charge in [0.25, 0.3) is 0 Å². The molecule has 0 aliphatic carbocycles. The zero-order valence-corrected chi connectivity index (χ0v) is 24.6. The summed E-state index contributed by atoms with van der Waals surface area (Å²) >= 11 is 0. The number of hydrogen-bond acceptors (Lipinski definition) is 4. The smallest absolute Gasteiger partial charge is 0.306 e. The quantitative estimate of drug-likeness (QED) is 0.0775. The van der Waals surface area contributed by atoms with E-state index in [1.807, 2.05) is 6.92 Å². The Kier molecular flexibility index (Phi) is 27.7. The molecule has 0 rings (SSSR count). The van der Waals surface area contributed by atoms with Gasteiger partial charge in [0, 0.05) is 12.8 Å². The predicted molar refractivity (Wildman–Crippen MR) is 153 cm³/mol. The van der Waals surface area contributed by atoms with E-state index in [-0.39, 0.29) is 24.6 Å². The first-order chi connectivity index (χ1) is 17.6. The monoisotopic (exact) mass is 510 g/mol. The van der Waals surface area contributed by atoms with Crippen LogP contribution in [0.25, 0.3) is 0 Å². The topological polar surface area (TPSA) is 52.6 Å². The summed E-state index contributed by atoms with van der Waals surface area (Å²) in [7, 11) is 0. The van der Waals surface area contributed by atoms with Gasteiger partial charge in [-0.3, -0.25) is 9.59 Å². The van der Waals surface area contributed by atoms with E-state index in [0.29, 0.717) is 19.3 Å². The van der Waals surface area contributed by atoms with Gasteiger partial charge in [-0.2, -0.15) is 0 Å². The molecule has 0 N–H and O–H groups in total. The third kappa shape index (κ3) is 26.0. The summed E-state index contributed by atoms with van der Waals surface area (Å²) in [6, 6.07) is 0. The molecule has 0 saturated carbocycles. The first kappa shape index (κ1) is 34.9. The molecular weight excluding hydrogens is 448 g/mol. The van der Waals surface area contributed by atoms with Gasteiger partial charge in [-0.05, 0) is 19.3 Å². The molecule has 214 valence electrons. The standard InChI is InChI=1S/C32H62O4/c1-4-7-9-11-13-15-17-19-21-23-25-27-31(33)35-29-30(6-3)36-32(34)28-26-24-22-20-18-16-14-12-10-8-5-2/h30H,4-29H2,1-3H3. The van der Waals surface area contributed by atoms with Gasteiger partial charge in [0.05, 0.1) is 0 Å². The highest BCUT2D eigenvalue weighted by molar-refractivity contribution is 5.70. The Morgan fingerprint density at radius 1 is 0.472 bits per heavy atom. The molecule has 0 bridgehead atoms. The van der Waals surface area contributed by atoms with Crippen molar-refractivity contribution in [2.24, 2.45) is 0 Å². The van der Waals surface area contributed by atoms with Crippen LogP contribution < -0.4 is 0 Å². The maximum Gasteiger partial charge on any atom is 0.306 e. The van der Waals surface area contributed by atoms with Gasteiger partial charge in [0.15, 0.2) is 0 Å². The van der Waals surface area contributed by atoms with Crippen LogP contribution in [0.5, 0.6) is 0 Å². The van der Waals surface area contributed by atoms with Crippen LogP contribution in [0.3, 0.4) is 0 Å². The van der Waals surface area contributed by atoms with Gasteiger partial charge in [0.2, 0.25) is 0 Å². The van der Waals surface area contributed by atoms with E-state index in [9.17, 15) is 9.59 Å². The Morgan fingerprint density at radius 3 is 1.17 bits per heavy atom. The SMILES string of the molecule is CCCCCCCCCCCCCC(=O)OCC(CC)OC(=O)CCCCCCCCCCCCC. The molecule has 36 heavy (non-hydrogen) atoms. The lowest BCUT2D eigenvalue weighted by molar-refractivity contribution is -0.159. The minimum absolute atomic E-state index is 0.154.